The summed E-state index contributed by atoms with van der Waals surface area (Å²) in [5.41, 5.74) is -0.965. The summed E-state index contributed by atoms with van der Waals surface area (Å²) in [5, 5.41) is 3.24. The Bertz CT molecular complexity index is 1240. The van der Waals surface area contributed by atoms with Crippen LogP contribution in [-0.2, 0) is 15.8 Å². The Labute approximate surface area is 214 Å². The smallest absolute Gasteiger partial charge is 0.350 e. The number of halogens is 6. The molecule has 34 heavy (non-hydrogen) atoms. The second kappa shape index (κ2) is 9.65. The van der Waals surface area contributed by atoms with Crippen molar-refractivity contribution in [3.05, 3.63) is 97.4 Å². The van der Waals surface area contributed by atoms with Gasteiger partial charge in [-0.25, -0.2) is 4.90 Å². The van der Waals surface area contributed by atoms with Gasteiger partial charge in [-0.15, -0.1) is 0 Å². The fourth-order valence-electron chi connectivity index (χ4n) is 3.09. The van der Waals surface area contributed by atoms with Gasteiger partial charge in [0.25, 0.3) is 11.8 Å². The zero-order valence-electron chi connectivity index (χ0n) is 16.8. The van der Waals surface area contributed by atoms with E-state index < -0.39 is 23.6 Å². The first-order valence-corrected chi connectivity index (χ1v) is 11.9. The molecule has 0 fully saturated rings. The second-order valence-electron chi connectivity index (χ2n) is 7.00. The number of alkyl halides is 3. The summed E-state index contributed by atoms with van der Waals surface area (Å²) in [6.45, 7) is 0. The lowest BCUT2D eigenvalue weighted by molar-refractivity contribution is -0.137. The molecule has 1 heterocycles. The summed E-state index contributed by atoms with van der Waals surface area (Å²) < 4.78 is 40.7. The minimum absolute atomic E-state index is 0.00344. The third kappa shape index (κ3) is 5.12. The van der Waals surface area contributed by atoms with E-state index in [0.717, 1.165) is 28.4 Å². The summed E-state index contributed by atoms with van der Waals surface area (Å²) in [4.78, 5) is 28.0. The van der Waals surface area contributed by atoms with E-state index in [9.17, 15) is 22.8 Å². The van der Waals surface area contributed by atoms with Crippen molar-refractivity contribution in [3.63, 3.8) is 0 Å². The molecule has 0 radical (unpaired) electrons. The van der Waals surface area contributed by atoms with Crippen molar-refractivity contribution >= 4 is 74.1 Å². The van der Waals surface area contributed by atoms with Gasteiger partial charge in [-0.1, -0.05) is 50.9 Å². The van der Waals surface area contributed by atoms with Crippen LogP contribution in [0, 0.1) is 0 Å². The van der Waals surface area contributed by atoms with Crippen molar-refractivity contribution in [1.82, 2.24) is 0 Å². The van der Waals surface area contributed by atoms with Gasteiger partial charge >= 0.3 is 6.18 Å². The van der Waals surface area contributed by atoms with Crippen LogP contribution >= 0.6 is 50.9 Å². The average molecular weight is 588 g/mol. The molecular weight excluding hydrogens is 576 g/mol. The van der Waals surface area contributed by atoms with Crippen LogP contribution in [0.15, 0.2) is 86.7 Å². The lowest BCUT2D eigenvalue weighted by atomic mass is 10.2. The summed E-state index contributed by atoms with van der Waals surface area (Å²) in [7, 11) is 0. The van der Waals surface area contributed by atoms with Gasteiger partial charge in [-0.05, 0) is 66.7 Å². The molecular formula is C23H12BrCl2F3N2O2S. The molecule has 0 saturated carbocycles. The molecule has 4 rings (SSSR count). The maximum Gasteiger partial charge on any atom is 0.416 e. The van der Waals surface area contributed by atoms with Crippen LogP contribution in [0.25, 0.3) is 0 Å². The second-order valence-corrected chi connectivity index (χ2v) is 9.84. The number of benzene rings is 3. The van der Waals surface area contributed by atoms with Crippen molar-refractivity contribution in [2.45, 2.75) is 11.1 Å². The van der Waals surface area contributed by atoms with E-state index in [1.807, 2.05) is 0 Å². The molecule has 0 bridgehead atoms. The number of anilines is 2. The monoisotopic (exact) mass is 586 g/mol. The molecule has 1 N–H and O–H groups in total. The van der Waals surface area contributed by atoms with E-state index >= 15 is 0 Å². The number of hydrogen-bond acceptors (Lipinski definition) is 4. The zero-order chi connectivity index (χ0) is 24.6. The van der Waals surface area contributed by atoms with E-state index in [-0.39, 0.29) is 21.3 Å². The van der Waals surface area contributed by atoms with Gasteiger partial charge in [0.2, 0.25) is 0 Å². The highest BCUT2D eigenvalue weighted by molar-refractivity contribution is 9.10. The molecule has 3 aromatic carbocycles. The minimum Gasteiger partial charge on any atom is -0.350 e. The third-order valence-electron chi connectivity index (χ3n) is 4.70. The Morgan fingerprint density at radius 2 is 1.53 bits per heavy atom. The summed E-state index contributed by atoms with van der Waals surface area (Å²) in [6, 6.07) is 15.9. The van der Waals surface area contributed by atoms with Gasteiger partial charge < -0.3 is 5.32 Å². The van der Waals surface area contributed by atoms with Crippen molar-refractivity contribution in [1.29, 1.82) is 0 Å². The summed E-state index contributed by atoms with van der Waals surface area (Å²) in [5.74, 6) is -1.63. The number of thioether (sulfide) groups is 1. The number of carbonyl (C=O) groups excluding carboxylic acids is 2. The van der Waals surface area contributed by atoms with Crippen LogP contribution in [0.2, 0.25) is 10.0 Å². The molecule has 0 unspecified atom stereocenters. The topological polar surface area (TPSA) is 49.4 Å². The van der Waals surface area contributed by atoms with Gasteiger partial charge in [-0.3, -0.25) is 9.59 Å². The van der Waals surface area contributed by atoms with Crippen molar-refractivity contribution in [3.8, 4) is 0 Å². The maximum absolute atomic E-state index is 13.4. The Kier molecular flexibility index (Phi) is 7.00. The molecule has 0 saturated heterocycles. The minimum atomic E-state index is -4.68. The van der Waals surface area contributed by atoms with E-state index in [1.165, 1.54) is 0 Å². The third-order valence-corrected chi connectivity index (χ3v) is 6.89. The quantitative estimate of drug-likeness (QED) is 0.310. The fraction of sp³-hybridized carbons (Fsp3) is 0.0435. The summed E-state index contributed by atoms with van der Waals surface area (Å²) in [6.07, 6.45) is -4.68. The predicted octanol–water partition coefficient (Wildman–Crippen LogP) is 7.76. The SMILES string of the molecule is O=C1C(Nc2ccc(Br)cc2)=C(Sc2ccc(Cl)cc2)C(=O)N1c1cc(C(F)(F)F)ccc1Cl. The van der Waals surface area contributed by atoms with Crippen LogP contribution in [0.3, 0.4) is 0 Å². The van der Waals surface area contributed by atoms with Crippen LogP contribution in [0.4, 0.5) is 24.5 Å². The Hall–Kier alpha value is -2.46. The van der Waals surface area contributed by atoms with E-state index in [2.05, 4.69) is 21.2 Å². The van der Waals surface area contributed by atoms with E-state index in [4.69, 9.17) is 23.2 Å². The first-order chi connectivity index (χ1) is 16.0. The van der Waals surface area contributed by atoms with Gasteiger partial charge in [0.05, 0.1) is 16.3 Å². The lowest BCUT2D eigenvalue weighted by Crippen LogP contribution is -2.33. The number of amides is 2. The number of nitrogens with one attached hydrogen (secondary N) is 1. The first-order valence-electron chi connectivity index (χ1n) is 9.50. The van der Waals surface area contributed by atoms with Crippen molar-refractivity contribution in [2.24, 2.45) is 0 Å². The number of hydrogen-bond donors (Lipinski definition) is 1. The van der Waals surface area contributed by atoms with Crippen LogP contribution in [0.1, 0.15) is 5.56 Å². The van der Waals surface area contributed by atoms with Gasteiger partial charge in [0, 0.05) is 20.1 Å². The Balaban J connectivity index is 1.78. The molecule has 0 aliphatic carbocycles. The predicted molar refractivity (Wildman–Crippen MR) is 131 cm³/mol. The zero-order valence-corrected chi connectivity index (χ0v) is 20.7. The molecule has 4 nitrogen and oxygen atoms in total. The molecule has 2 amide bonds. The summed E-state index contributed by atoms with van der Waals surface area (Å²) >= 11 is 16.4. The van der Waals surface area contributed by atoms with Crippen molar-refractivity contribution in [2.75, 3.05) is 10.2 Å². The molecule has 0 spiro atoms. The number of carbonyl (C=O) groups is 2. The largest absolute Gasteiger partial charge is 0.416 e. The highest BCUT2D eigenvalue weighted by Crippen LogP contribution is 2.42. The molecule has 1 aliphatic rings. The molecule has 11 heteroatoms. The van der Waals surface area contributed by atoms with E-state index in [0.29, 0.717) is 26.6 Å². The molecule has 0 atom stereocenters. The number of nitrogens with zero attached hydrogens (tertiary/aromatic N) is 1. The van der Waals surface area contributed by atoms with Gasteiger partial charge in [0.1, 0.15) is 10.6 Å². The Morgan fingerprint density at radius 3 is 2.15 bits per heavy atom. The van der Waals surface area contributed by atoms with Crippen LogP contribution in [0.5, 0.6) is 0 Å². The highest BCUT2D eigenvalue weighted by atomic mass is 79.9. The molecule has 174 valence electrons. The molecule has 3 aromatic rings. The maximum atomic E-state index is 13.4. The van der Waals surface area contributed by atoms with Crippen LogP contribution in [-0.4, -0.2) is 11.8 Å². The van der Waals surface area contributed by atoms with Crippen LogP contribution < -0.4 is 10.2 Å². The highest BCUT2D eigenvalue weighted by Gasteiger charge is 2.42. The average Bonchev–Trinajstić information content (AvgIpc) is 3.00. The van der Waals surface area contributed by atoms with Gasteiger partial charge in [-0.2, -0.15) is 13.2 Å². The molecule has 1 aliphatic heterocycles. The fourth-order valence-corrected chi connectivity index (χ4v) is 4.61. The lowest BCUT2D eigenvalue weighted by Gasteiger charge is -2.18. The Morgan fingerprint density at radius 1 is 0.882 bits per heavy atom. The first kappa shape index (κ1) is 24.7. The number of imide groups is 1. The standard InChI is InChI=1S/C23H12BrCl2F3N2O2S/c24-13-2-6-15(7-3-13)30-19-20(34-16-8-4-14(25)5-9-16)22(33)31(21(19)32)18-11-12(23(27,28)29)1-10-17(18)26/h1-11,30H. The van der Waals surface area contributed by atoms with Gasteiger partial charge in [0.15, 0.2) is 0 Å². The number of rotatable bonds is 5. The molecule has 0 aromatic heterocycles. The van der Waals surface area contributed by atoms with E-state index in [1.54, 1.807) is 48.5 Å². The van der Waals surface area contributed by atoms with Crippen molar-refractivity contribution < 1.29 is 22.8 Å². The normalized spacial score (nSPS) is 14.2.